The number of ether oxygens (including phenoxy) is 1. The first-order valence-electron chi connectivity index (χ1n) is 13.2. The van der Waals surface area contributed by atoms with Crippen molar-refractivity contribution in [1.82, 2.24) is 14.8 Å². The monoisotopic (exact) mass is 716 g/mol. The van der Waals surface area contributed by atoms with Crippen molar-refractivity contribution in [3.05, 3.63) is 103 Å². The molecule has 4 aromatic carbocycles. The second kappa shape index (κ2) is 9.32. The molecule has 0 N–H and O–H groups in total. The summed E-state index contributed by atoms with van der Waals surface area (Å²) in [7, 11) is 0. The van der Waals surface area contributed by atoms with Crippen LogP contribution < -0.4 is 4.74 Å². The zero-order valence-corrected chi connectivity index (χ0v) is 24.7. The molecule has 0 aliphatic carbocycles. The van der Waals surface area contributed by atoms with E-state index in [0.717, 1.165) is 49.8 Å². The molecule has 0 aliphatic heterocycles. The average molecular weight is 717 g/mol. The van der Waals surface area contributed by atoms with Gasteiger partial charge in [-0.05, 0) is 52.0 Å². The molecule has 0 fully saturated rings. The SMILES string of the molecule is CC(C)(C)c1ccnc(-c2[c-]c(Oc3[c-]c(-n4ncc5ccccc54)ccc3)c3oc4cccc5oc2c3c45)c1.[Pt+2]. The Kier molecular flexibility index (Phi) is 5.81. The van der Waals surface area contributed by atoms with Gasteiger partial charge in [0, 0.05) is 17.3 Å². The Morgan fingerprint density at radius 2 is 1.61 bits per heavy atom. The summed E-state index contributed by atoms with van der Waals surface area (Å²) in [6, 6.07) is 30.6. The topological polar surface area (TPSA) is 66.2 Å². The van der Waals surface area contributed by atoms with Gasteiger partial charge < -0.3 is 18.6 Å². The van der Waals surface area contributed by atoms with E-state index in [1.807, 2.05) is 83.8 Å². The minimum atomic E-state index is -0.0414. The van der Waals surface area contributed by atoms with E-state index in [4.69, 9.17) is 18.6 Å². The number of rotatable bonds is 4. The van der Waals surface area contributed by atoms with Crippen LogP contribution in [0.25, 0.3) is 61.0 Å². The van der Waals surface area contributed by atoms with E-state index >= 15 is 0 Å². The molecule has 8 rings (SSSR count). The summed E-state index contributed by atoms with van der Waals surface area (Å²) in [4.78, 5) is 4.71. The van der Waals surface area contributed by atoms with Gasteiger partial charge in [0.2, 0.25) is 0 Å². The molecule has 8 aromatic rings. The fourth-order valence-electron chi connectivity index (χ4n) is 5.32. The minimum absolute atomic E-state index is 0. The number of fused-ring (bicyclic) bond motifs is 1. The Balaban J connectivity index is 0.00000276. The van der Waals surface area contributed by atoms with Crippen LogP contribution >= 0.6 is 0 Å². The number of nitrogens with zero attached hydrogens (tertiary/aromatic N) is 3. The molecule has 0 amide bonds. The van der Waals surface area contributed by atoms with Gasteiger partial charge in [-0.3, -0.25) is 4.68 Å². The number of hydrogen-bond donors (Lipinski definition) is 0. The fraction of sp³-hybridized carbons (Fsp3) is 0.118. The molecule has 7 heteroatoms. The van der Waals surface area contributed by atoms with E-state index in [2.05, 4.69) is 44.1 Å². The van der Waals surface area contributed by atoms with Crippen LogP contribution in [0.2, 0.25) is 0 Å². The smallest absolute Gasteiger partial charge is 0.500 e. The largest absolute Gasteiger partial charge is 2.00 e. The Morgan fingerprint density at radius 1 is 0.829 bits per heavy atom. The van der Waals surface area contributed by atoms with Crippen molar-refractivity contribution < 1.29 is 34.6 Å². The van der Waals surface area contributed by atoms with Gasteiger partial charge in [0.05, 0.1) is 34.0 Å². The van der Waals surface area contributed by atoms with Crippen molar-refractivity contribution in [3.8, 4) is 28.4 Å². The predicted octanol–water partition coefficient (Wildman–Crippen LogP) is 8.86. The number of para-hydroxylation sites is 1. The molecule has 0 unspecified atom stereocenters. The predicted molar refractivity (Wildman–Crippen MR) is 155 cm³/mol. The maximum Gasteiger partial charge on any atom is 2.00 e. The van der Waals surface area contributed by atoms with E-state index in [1.54, 1.807) is 0 Å². The van der Waals surface area contributed by atoms with Crippen LogP contribution in [-0.2, 0) is 26.5 Å². The van der Waals surface area contributed by atoms with Crippen LogP contribution in [0.5, 0.6) is 11.5 Å². The van der Waals surface area contributed by atoms with Crippen molar-refractivity contribution in [2.75, 3.05) is 0 Å². The van der Waals surface area contributed by atoms with Crippen LogP contribution in [0.1, 0.15) is 26.3 Å². The number of pyridine rings is 1. The molecule has 4 aromatic heterocycles. The summed E-state index contributed by atoms with van der Waals surface area (Å²) in [6.07, 6.45) is 3.68. The molecule has 0 aliphatic rings. The summed E-state index contributed by atoms with van der Waals surface area (Å²) in [6.45, 7) is 6.55. The van der Waals surface area contributed by atoms with Gasteiger partial charge in [-0.2, -0.15) is 11.2 Å². The number of furan rings is 2. The molecular weight excluding hydrogens is 693 g/mol. The first kappa shape index (κ1) is 25.5. The summed E-state index contributed by atoms with van der Waals surface area (Å²) in [5, 5.41) is 7.42. The van der Waals surface area contributed by atoms with Gasteiger partial charge in [0.1, 0.15) is 11.2 Å². The van der Waals surface area contributed by atoms with Crippen molar-refractivity contribution in [2.24, 2.45) is 0 Å². The van der Waals surface area contributed by atoms with Crippen LogP contribution in [0, 0.1) is 12.1 Å². The van der Waals surface area contributed by atoms with Crippen LogP contribution in [0.3, 0.4) is 0 Å². The van der Waals surface area contributed by atoms with Gasteiger partial charge in [-0.25, -0.2) is 0 Å². The summed E-state index contributed by atoms with van der Waals surface area (Å²) < 4.78 is 21.0. The average Bonchev–Trinajstić information content (AvgIpc) is 3.68. The van der Waals surface area contributed by atoms with Gasteiger partial charge >= 0.3 is 21.1 Å². The Hall–Kier alpha value is -4.41. The molecule has 0 bridgehead atoms. The molecule has 0 atom stereocenters. The zero-order chi connectivity index (χ0) is 27.0. The minimum Gasteiger partial charge on any atom is -0.500 e. The first-order chi connectivity index (χ1) is 19.4. The second-order valence-electron chi connectivity index (χ2n) is 11.0. The van der Waals surface area contributed by atoms with Crippen LogP contribution in [0.15, 0.2) is 94.0 Å². The molecular formula is C34H23N3O3Pt. The first-order valence-corrected chi connectivity index (χ1v) is 13.2. The van der Waals surface area contributed by atoms with Gasteiger partial charge in [0.15, 0.2) is 0 Å². The van der Waals surface area contributed by atoms with Crippen LogP contribution in [-0.4, -0.2) is 14.8 Å². The van der Waals surface area contributed by atoms with E-state index < -0.39 is 0 Å². The summed E-state index contributed by atoms with van der Waals surface area (Å²) in [5.41, 5.74) is 7.12. The number of benzene rings is 4. The standard InChI is InChI=1S/C34H23N3O3.Pt/c1-34(2,3)21-14-15-35-25(16-21)24-18-29(33-31-30-27(39-32(24)31)12-7-13-28(30)40-33)38-23-10-6-9-22(17-23)37-26-11-5-4-8-20(26)19-36-37;/h4-16,19H,1-3H3;/q-2;+2. The Bertz CT molecular complexity index is 2200. The molecule has 202 valence electrons. The van der Waals surface area contributed by atoms with Gasteiger partial charge in [-0.1, -0.05) is 62.7 Å². The Labute approximate surface area is 250 Å². The summed E-state index contributed by atoms with van der Waals surface area (Å²) >= 11 is 0. The van der Waals surface area contributed by atoms with E-state index in [0.29, 0.717) is 22.7 Å². The third-order valence-corrected chi connectivity index (χ3v) is 7.34. The van der Waals surface area contributed by atoms with E-state index in [9.17, 15) is 0 Å². The quantitative estimate of drug-likeness (QED) is 0.170. The second-order valence-corrected chi connectivity index (χ2v) is 11.0. The van der Waals surface area contributed by atoms with Crippen molar-refractivity contribution in [2.45, 2.75) is 26.2 Å². The molecule has 6 nitrogen and oxygen atoms in total. The fourth-order valence-corrected chi connectivity index (χ4v) is 5.32. The van der Waals surface area contributed by atoms with E-state index in [1.165, 1.54) is 5.56 Å². The summed E-state index contributed by atoms with van der Waals surface area (Å²) in [5.74, 6) is 0.966. The van der Waals surface area contributed by atoms with E-state index in [-0.39, 0.29) is 26.5 Å². The molecule has 4 heterocycles. The third kappa shape index (κ3) is 4.05. The van der Waals surface area contributed by atoms with Gasteiger partial charge in [0.25, 0.3) is 0 Å². The van der Waals surface area contributed by atoms with Gasteiger partial charge in [-0.15, -0.1) is 18.2 Å². The van der Waals surface area contributed by atoms with Crippen molar-refractivity contribution >= 4 is 44.0 Å². The number of aromatic nitrogens is 3. The number of hydrogen-bond acceptors (Lipinski definition) is 5. The van der Waals surface area contributed by atoms with Crippen molar-refractivity contribution in [1.29, 1.82) is 0 Å². The molecule has 0 spiro atoms. The molecule has 0 saturated heterocycles. The Morgan fingerprint density at radius 3 is 2.44 bits per heavy atom. The maximum absolute atomic E-state index is 6.48. The van der Waals surface area contributed by atoms with Crippen LogP contribution in [0.4, 0.5) is 0 Å². The third-order valence-electron chi connectivity index (χ3n) is 7.34. The molecule has 0 saturated carbocycles. The zero-order valence-electron chi connectivity index (χ0n) is 22.5. The van der Waals surface area contributed by atoms with Crippen molar-refractivity contribution in [3.63, 3.8) is 0 Å². The normalized spacial score (nSPS) is 12.1. The molecule has 0 radical (unpaired) electrons. The maximum atomic E-state index is 6.48. The molecule has 41 heavy (non-hydrogen) atoms.